The smallest absolute Gasteiger partial charge is 0.425 e. The topological polar surface area (TPSA) is 81.4 Å². The van der Waals surface area contributed by atoms with Crippen LogP contribution in [0.25, 0.3) is 0 Å². The minimum Gasteiger partial charge on any atom is -0.479 e. The van der Waals surface area contributed by atoms with Crippen LogP contribution in [0.5, 0.6) is 5.75 Å². The van der Waals surface area contributed by atoms with Crippen LogP contribution in [0.15, 0.2) is 17.0 Å². The molecular weight excluding hydrogens is 304 g/mol. The van der Waals surface area contributed by atoms with E-state index in [1.807, 2.05) is 4.72 Å². The molecule has 1 unspecified atom stereocenters. The second-order valence-electron chi connectivity index (χ2n) is 3.83. The fraction of sp³-hybridized carbons (Fsp3) is 0.400. The van der Waals surface area contributed by atoms with Gasteiger partial charge in [-0.25, -0.2) is 17.5 Å². The lowest BCUT2D eigenvalue weighted by molar-refractivity contribution is -0.189. The minimum atomic E-state index is -4.65. The Morgan fingerprint density at radius 2 is 1.90 bits per heavy atom. The highest BCUT2D eigenvalue weighted by Gasteiger charge is 2.38. The molecular formula is C10H12F4N2O3S. The molecule has 0 aliphatic carbocycles. The number of rotatable bonds is 4. The van der Waals surface area contributed by atoms with Crippen molar-refractivity contribution in [3.05, 3.63) is 17.9 Å². The Hall–Kier alpha value is -1.55. The predicted molar refractivity (Wildman–Crippen MR) is 63.2 cm³/mol. The summed E-state index contributed by atoms with van der Waals surface area (Å²) in [5.74, 6) is -1.85. The fourth-order valence-electron chi connectivity index (χ4n) is 1.23. The second kappa shape index (κ2) is 5.44. The number of ether oxygens (including phenoxy) is 1. The van der Waals surface area contributed by atoms with E-state index in [1.54, 1.807) is 0 Å². The van der Waals surface area contributed by atoms with E-state index in [9.17, 15) is 26.0 Å². The van der Waals surface area contributed by atoms with Gasteiger partial charge in [-0.15, -0.1) is 0 Å². The van der Waals surface area contributed by atoms with Gasteiger partial charge in [-0.2, -0.15) is 13.2 Å². The van der Waals surface area contributed by atoms with Gasteiger partial charge in [-0.3, -0.25) is 0 Å². The highest BCUT2D eigenvalue weighted by molar-refractivity contribution is 7.89. The third kappa shape index (κ3) is 3.51. The summed E-state index contributed by atoms with van der Waals surface area (Å²) in [5, 5.41) is 0. The van der Waals surface area contributed by atoms with Gasteiger partial charge in [-0.05, 0) is 20.0 Å². The SMILES string of the molecule is CNS(=O)(=O)c1cc(N)c(OC(C)C(F)(F)F)cc1F. The van der Waals surface area contributed by atoms with Crippen LogP contribution in [0, 0.1) is 5.82 Å². The Bertz CT molecular complexity index is 601. The first-order valence-corrected chi connectivity index (χ1v) is 6.73. The van der Waals surface area contributed by atoms with Crippen molar-refractivity contribution < 1.29 is 30.7 Å². The molecule has 0 saturated heterocycles. The molecule has 0 fully saturated rings. The Balaban J connectivity index is 3.19. The van der Waals surface area contributed by atoms with Gasteiger partial charge in [-0.1, -0.05) is 0 Å². The number of hydrogen-bond donors (Lipinski definition) is 2. The van der Waals surface area contributed by atoms with E-state index in [0.29, 0.717) is 12.1 Å². The summed E-state index contributed by atoms with van der Waals surface area (Å²) in [7, 11) is -3.05. The first-order valence-electron chi connectivity index (χ1n) is 5.25. The molecule has 20 heavy (non-hydrogen) atoms. The van der Waals surface area contributed by atoms with Gasteiger partial charge in [0, 0.05) is 6.07 Å². The van der Waals surface area contributed by atoms with Crippen molar-refractivity contribution in [1.29, 1.82) is 0 Å². The number of alkyl halides is 3. The van der Waals surface area contributed by atoms with Crippen LogP contribution in [0.1, 0.15) is 6.92 Å². The van der Waals surface area contributed by atoms with E-state index in [4.69, 9.17) is 5.73 Å². The average molecular weight is 316 g/mol. The standard InChI is InChI=1S/C10H12F4N2O3S/c1-5(10(12,13)14)19-8-3-6(11)9(4-7(8)15)20(17,18)16-2/h3-5,16H,15H2,1-2H3. The normalized spacial score (nSPS) is 14.1. The Morgan fingerprint density at radius 1 is 1.35 bits per heavy atom. The molecule has 114 valence electrons. The molecule has 0 aliphatic heterocycles. The lowest BCUT2D eigenvalue weighted by Gasteiger charge is -2.19. The molecule has 0 heterocycles. The second-order valence-corrected chi connectivity index (χ2v) is 5.68. The molecule has 0 amide bonds. The number of nitrogen functional groups attached to an aromatic ring is 1. The van der Waals surface area contributed by atoms with Gasteiger partial charge in [0.15, 0.2) is 6.10 Å². The molecule has 1 atom stereocenters. The van der Waals surface area contributed by atoms with Gasteiger partial charge in [0.1, 0.15) is 16.5 Å². The maximum Gasteiger partial charge on any atom is 0.425 e. The Labute approximate surface area is 112 Å². The number of anilines is 1. The van der Waals surface area contributed by atoms with E-state index >= 15 is 0 Å². The van der Waals surface area contributed by atoms with Gasteiger partial charge < -0.3 is 10.5 Å². The molecule has 1 rings (SSSR count). The molecule has 0 radical (unpaired) electrons. The van der Waals surface area contributed by atoms with Crippen molar-refractivity contribution in [2.45, 2.75) is 24.1 Å². The van der Waals surface area contributed by atoms with Crippen LogP contribution in [0.2, 0.25) is 0 Å². The van der Waals surface area contributed by atoms with E-state index in [1.165, 1.54) is 0 Å². The van der Waals surface area contributed by atoms with E-state index < -0.39 is 44.5 Å². The molecule has 0 saturated carbocycles. The summed E-state index contributed by atoms with van der Waals surface area (Å²) in [4.78, 5) is -0.774. The number of nitrogens with two attached hydrogens (primary N) is 1. The largest absolute Gasteiger partial charge is 0.479 e. The molecule has 5 nitrogen and oxygen atoms in total. The van der Waals surface area contributed by atoms with Gasteiger partial charge in [0.05, 0.1) is 5.69 Å². The summed E-state index contributed by atoms with van der Waals surface area (Å²) in [5.41, 5.74) is 4.96. The summed E-state index contributed by atoms with van der Waals surface area (Å²) in [6.07, 6.45) is -6.87. The van der Waals surface area contributed by atoms with Crippen molar-refractivity contribution in [3.8, 4) is 5.75 Å². The molecule has 0 aliphatic rings. The predicted octanol–water partition coefficient (Wildman–Crippen LogP) is 1.65. The summed E-state index contributed by atoms with van der Waals surface area (Å²) in [6, 6.07) is 1.20. The summed E-state index contributed by atoms with van der Waals surface area (Å²) < 4.78 is 79.8. The fourth-order valence-corrected chi connectivity index (χ4v) is 2.04. The lowest BCUT2D eigenvalue weighted by Crippen LogP contribution is -2.31. The van der Waals surface area contributed by atoms with Crippen molar-refractivity contribution >= 4 is 15.7 Å². The summed E-state index contributed by atoms with van der Waals surface area (Å²) in [6.45, 7) is 0.718. The molecule has 0 spiro atoms. The number of halogens is 4. The zero-order chi connectivity index (χ0) is 15.7. The number of benzene rings is 1. The third-order valence-electron chi connectivity index (χ3n) is 2.39. The zero-order valence-electron chi connectivity index (χ0n) is 10.5. The van der Waals surface area contributed by atoms with Crippen molar-refractivity contribution in [3.63, 3.8) is 0 Å². The Morgan fingerprint density at radius 3 is 2.35 bits per heavy atom. The monoisotopic (exact) mass is 316 g/mol. The lowest BCUT2D eigenvalue weighted by atomic mass is 10.3. The van der Waals surface area contributed by atoms with Crippen molar-refractivity contribution in [2.75, 3.05) is 12.8 Å². The molecule has 3 N–H and O–H groups in total. The first kappa shape index (κ1) is 16.5. The number of sulfonamides is 1. The van der Waals surface area contributed by atoms with E-state index in [0.717, 1.165) is 14.0 Å². The van der Waals surface area contributed by atoms with Crippen molar-refractivity contribution in [1.82, 2.24) is 4.72 Å². The van der Waals surface area contributed by atoms with Crippen LogP contribution >= 0.6 is 0 Å². The zero-order valence-corrected chi connectivity index (χ0v) is 11.3. The van der Waals surface area contributed by atoms with Crippen molar-refractivity contribution in [2.24, 2.45) is 0 Å². The molecule has 1 aromatic rings. The minimum absolute atomic E-state index is 0.420. The van der Waals surface area contributed by atoms with E-state index in [-0.39, 0.29) is 0 Å². The van der Waals surface area contributed by atoms with Crippen LogP contribution in [-0.2, 0) is 10.0 Å². The highest BCUT2D eigenvalue weighted by Crippen LogP contribution is 2.31. The molecule has 0 aromatic heterocycles. The van der Waals surface area contributed by atoms with Gasteiger partial charge in [0.2, 0.25) is 10.0 Å². The maximum absolute atomic E-state index is 13.6. The van der Waals surface area contributed by atoms with Gasteiger partial charge >= 0.3 is 6.18 Å². The van der Waals surface area contributed by atoms with Crippen LogP contribution in [-0.4, -0.2) is 27.7 Å². The third-order valence-corrected chi connectivity index (χ3v) is 3.82. The molecule has 1 aromatic carbocycles. The molecule has 0 bridgehead atoms. The Kier molecular flexibility index (Phi) is 4.49. The molecule has 10 heteroatoms. The van der Waals surface area contributed by atoms with Gasteiger partial charge in [0.25, 0.3) is 0 Å². The quantitative estimate of drug-likeness (QED) is 0.654. The van der Waals surface area contributed by atoms with Crippen LogP contribution in [0.4, 0.5) is 23.2 Å². The van der Waals surface area contributed by atoms with E-state index in [2.05, 4.69) is 4.74 Å². The van der Waals surface area contributed by atoms with Crippen LogP contribution in [0.3, 0.4) is 0 Å². The average Bonchev–Trinajstić information content (AvgIpc) is 2.31. The first-order chi connectivity index (χ1) is 8.99. The van der Waals surface area contributed by atoms with Crippen LogP contribution < -0.4 is 15.2 Å². The highest BCUT2D eigenvalue weighted by atomic mass is 32.2. The maximum atomic E-state index is 13.6. The summed E-state index contributed by atoms with van der Waals surface area (Å²) >= 11 is 0. The number of nitrogens with one attached hydrogen (secondary N) is 1. The number of hydrogen-bond acceptors (Lipinski definition) is 4.